The van der Waals surface area contributed by atoms with Gasteiger partial charge >= 0.3 is 0 Å². The van der Waals surface area contributed by atoms with Gasteiger partial charge in [-0.1, -0.05) is 17.8 Å². The number of nitrogens with zero attached hydrogens (tertiary/aromatic N) is 4. The number of methoxy groups -OCH3 is 2. The third kappa shape index (κ3) is 3.67. The summed E-state index contributed by atoms with van der Waals surface area (Å²) in [4.78, 5) is 16.3. The number of hydrogen-bond donors (Lipinski definition) is 1. The molecule has 1 aliphatic heterocycles. The number of nitrogens with one attached hydrogen (secondary N) is 1. The van der Waals surface area contributed by atoms with Gasteiger partial charge in [-0.2, -0.15) is 0 Å². The van der Waals surface area contributed by atoms with Crippen LogP contribution in [-0.4, -0.2) is 35.9 Å². The van der Waals surface area contributed by atoms with Crippen LogP contribution in [0.4, 0.5) is 17.2 Å². The minimum atomic E-state index is 0.415. The normalized spacial score (nSPS) is 12.3. The summed E-state index contributed by atoms with van der Waals surface area (Å²) in [5, 5.41) is 4.27. The van der Waals surface area contributed by atoms with E-state index < -0.39 is 0 Å². The second-order valence-electron chi connectivity index (χ2n) is 5.88. The maximum atomic E-state index is 5.40. The number of aromatic nitrogens is 3. The van der Waals surface area contributed by atoms with Crippen molar-refractivity contribution >= 4 is 29.0 Å². The molecule has 0 spiro atoms. The first-order chi connectivity index (χ1) is 13.3. The second-order valence-corrected chi connectivity index (χ2v) is 6.91. The maximum Gasteiger partial charge on any atom is 0.213 e. The van der Waals surface area contributed by atoms with Gasteiger partial charge in [0.1, 0.15) is 11.8 Å². The van der Waals surface area contributed by atoms with E-state index in [1.807, 2.05) is 17.0 Å². The first kappa shape index (κ1) is 17.6. The first-order valence-corrected chi connectivity index (χ1v) is 9.22. The average Bonchev–Trinajstić information content (AvgIpc) is 2.72. The van der Waals surface area contributed by atoms with Gasteiger partial charge in [0.2, 0.25) is 5.88 Å². The smallest absolute Gasteiger partial charge is 0.213 e. The van der Waals surface area contributed by atoms with Crippen molar-refractivity contribution in [2.24, 2.45) is 0 Å². The molecule has 7 nitrogen and oxygen atoms in total. The number of fused-ring (bicyclic) bond motifs is 2. The fraction of sp³-hybridized carbons (Fsp3) is 0.211. The molecule has 0 bridgehead atoms. The lowest BCUT2D eigenvalue weighted by Crippen LogP contribution is -2.24. The average molecular weight is 381 g/mol. The molecule has 0 amide bonds. The van der Waals surface area contributed by atoms with Gasteiger partial charge in [-0.3, -0.25) is 4.90 Å². The number of rotatable bonds is 6. The number of anilines is 3. The summed E-state index contributed by atoms with van der Waals surface area (Å²) in [5.41, 5.74) is 3.16. The Hall–Kier alpha value is -2.84. The SMILES string of the molecule is COCN1c2cc(CNc3ccc(OC)nc3)ccc2Sc2nccnc21. The summed E-state index contributed by atoms with van der Waals surface area (Å²) in [7, 11) is 3.29. The Morgan fingerprint density at radius 2 is 1.96 bits per heavy atom. The Morgan fingerprint density at radius 1 is 1.07 bits per heavy atom. The van der Waals surface area contributed by atoms with E-state index in [1.54, 1.807) is 44.6 Å². The molecule has 2 aromatic heterocycles. The van der Waals surface area contributed by atoms with Crippen molar-refractivity contribution in [3.63, 3.8) is 0 Å². The van der Waals surface area contributed by atoms with Gasteiger partial charge in [-0.15, -0.1) is 0 Å². The Bertz CT molecular complexity index is 936. The van der Waals surface area contributed by atoms with Crippen LogP contribution in [0.15, 0.2) is 58.8 Å². The zero-order chi connectivity index (χ0) is 18.6. The van der Waals surface area contributed by atoms with E-state index in [9.17, 15) is 0 Å². The van der Waals surface area contributed by atoms with E-state index in [4.69, 9.17) is 9.47 Å². The Balaban J connectivity index is 1.56. The zero-order valence-electron chi connectivity index (χ0n) is 15.0. The monoisotopic (exact) mass is 381 g/mol. The molecule has 0 radical (unpaired) electrons. The van der Waals surface area contributed by atoms with E-state index in [-0.39, 0.29) is 0 Å². The fourth-order valence-corrected chi connectivity index (χ4v) is 3.82. The molecule has 3 heterocycles. The van der Waals surface area contributed by atoms with Gasteiger partial charge in [0.15, 0.2) is 5.82 Å². The second kappa shape index (κ2) is 7.81. The van der Waals surface area contributed by atoms with Crippen LogP contribution in [0.3, 0.4) is 0 Å². The largest absolute Gasteiger partial charge is 0.481 e. The standard InChI is InChI=1S/C19H19N5O2S/c1-25-12-24-15-9-13(10-22-14-4-6-17(26-2)23-11-14)3-5-16(15)27-19-18(24)20-7-8-21-19/h3-9,11,22H,10,12H2,1-2H3. The van der Waals surface area contributed by atoms with Crippen molar-refractivity contribution < 1.29 is 9.47 Å². The van der Waals surface area contributed by atoms with E-state index in [2.05, 4.69) is 38.5 Å². The van der Waals surface area contributed by atoms with Crippen LogP contribution in [0, 0.1) is 0 Å². The molecule has 0 saturated carbocycles. The number of hydrogen-bond acceptors (Lipinski definition) is 8. The topological polar surface area (TPSA) is 72.4 Å². The van der Waals surface area contributed by atoms with Gasteiger partial charge in [-0.05, 0) is 23.8 Å². The highest BCUT2D eigenvalue weighted by molar-refractivity contribution is 7.99. The third-order valence-corrected chi connectivity index (χ3v) is 5.17. The van der Waals surface area contributed by atoms with Gasteiger partial charge in [-0.25, -0.2) is 15.0 Å². The van der Waals surface area contributed by atoms with Crippen molar-refractivity contribution in [1.82, 2.24) is 15.0 Å². The first-order valence-electron chi connectivity index (χ1n) is 8.40. The van der Waals surface area contributed by atoms with Crippen LogP contribution in [0.5, 0.6) is 5.88 Å². The molecule has 1 N–H and O–H groups in total. The lowest BCUT2D eigenvalue weighted by atomic mass is 10.1. The van der Waals surface area contributed by atoms with E-state index in [0.29, 0.717) is 19.2 Å². The van der Waals surface area contributed by atoms with Crippen LogP contribution in [0.25, 0.3) is 0 Å². The highest BCUT2D eigenvalue weighted by atomic mass is 32.2. The highest BCUT2D eigenvalue weighted by Crippen LogP contribution is 2.46. The summed E-state index contributed by atoms with van der Waals surface area (Å²) < 4.78 is 10.5. The Kier molecular flexibility index (Phi) is 5.08. The zero-order valence-corrected chi connectivity index (χ0v) is 15.9. The summed E-state index contributed by atoms with van der Waals surface area (Å²) in [6.45, 7) is 1.10. The van der Waals surface area contributed by atoms with Gasteiger partial charge in [0.05, 0.1) is 24.7 Å². The molecule has 0 fully saturated rings. The predicted octanol–water partition coefficient (Wildman–Crippen LogP) is 3.70. The van der Waals surface area contributed by atoms with E-state index >= 15 is 0 Å². The molecule has 4 rings (SSSR count). The fourth-order valence-electron chi connectivity index (χ4n) is 2.83. The molecule has 27 heavy (non-hydrogen) atoms. The summed E-state index contributed by atoms with van der Waals surface area (Å²) >= 11 is 1.62. The predicted molar refractivity (Wildman–Crippen MR) is 105 cm³/mol. The van der Waals surface area contributed by atoms with Gasteiger partial charge < -0.3 is 14.8 Å². The van der Waals surface area contributed by atoms with Gasteiger partial charge in [0, 0.05) is 37.0 Å². The Labute approximate surface area is 161 Å². The van der Waals surface area contributed by atoms with E-state index in [0.717, 1.165) is 32.7 Å². The summed E-state index contributed by atoms with van der Waals surface area (Å²) in [6.07, 6.45) is 5.17. The van der Waals surface area contributed by atoms with Crippen molar-refractivity contribution in [2.75, 3.05) is 31.2 Å². The van der Waals surface area contributed by atoms with Crippen molar-refractivity contribution in [2.45, 2.75) is 16.5 Å². The molecule has 3 aromatic rings. The molecule has 0 unspecified atom stereocenters. The maximum absolute atomic E-state index is 5.40. The lowest BCUT2D eigenvalue weighted by molar-refractivity contribution is 0.204. The molecule has 8 heteroatoms. The molecule has 1 aromatic carbocycles. The third-order valence-electron chi connectivity index (χ3n) is 4.12. The molecule has 0 saturated heterocycles. The number of benzene rings is 1. The van der Waals surface area contributed by atoms with Crippen LogP contribution >= 0.6 is 11.8 Å². The highest BCUT2D eigenvalue weighted by Gasteiger charge is 2.25. The molecule has 0 atom stereocenters. The minimum Gasteiger partial charge on any atom is -0.481 e. The lowest BCUT2D eigenvalue weighted by Gasteiger charge is -2.30. The van der Waals surface area contributed by atoms with Gasteiger partial charge in [0.25, 0.3) is 0 Å². The minimum absolute atomic E-state index is 0.415. The number of pyridine rings is 1. The Morgan fingerprint density at radius 3 is 2.74 bits per heavy atom. The van der Waals surface area contributed by atoms with Crippen molar-refractivity contribution in [1.29, 1.82) is 0 Å². The van der Waals surface area contributed by atoms with Crippen LogP contribution in [0.2, 0.25) is 0 Å². The molecular formula is C19H19N5O2S. The molecule has 1 aliphatic rings. The molecular weight excluding hydrogens is 362 g/mol. The van der Waals surface area contributed by atoms with Crippen molar-refractivity contribution in [3.05, 3.63) is 54.5 Å². The van der Waals surface area contributed by atoms with Crippen LogP contribution in [-0.2, 0) is 11.3 Å². The quantitative estimate of drug-likeness (QED) is 0.693. The van der Waals surface area contributed by atoms with Crippen LogP contribution < -0.4 is 15.0 Å². The number of ether oxygens (including phenoxy) is 2. The molecule has 138 valence electrons. The van der Waals surface area contributed by atoms with E-state index in [1.165, 1.54) is 0 Å². The van der Waals surface area contributed by atoms with Crippen LogP contribution in [0.1, 0.15) is 5.56 Å². The van der Waals surface area contributed by atoms with Crippen molar-refractivity contribution in [3.8, 4) is 5.88 Å². The summed E-state index contributed by atoms with van der Waals surface area (Å²) in [5.74, 6) is 1.42. The molecule has 0 aliphatic carbocycles. The summed E-state index contributed by atoms with van der Waals surface area (Å²) in [6, 6.07) is 10.2.